The summed E-state index contributed by atoms with van der Waals surface area (Å²) in [5.74, 6) is 0.672. The van der Waals surface area contributed by atoms with Crippen LogP contribution in [0.25, 0.3) is 89.1 Å². The van der Waals surface area contributed by atoms with E-state index in [1.165, 1.54) is 11.1 Å². The molecule has 0 aliphatic rings. The van der Waals surface area contributed by atoms with Gasteiger partial charge in [-0.1, -0.05) is 121 Å². The molecule has 0 unspecified atom stereocenters. The van der Waals surface area contributed by atoms with Gasteiger partial charge in [-0.3, -0.25) is 4.98 Å². The number of hydrogen-bond donors (Lipinski definition) is 0. The van der Waals surface area contributed by atoms with Gasteiger partial charge in [0.1, 0.15) is 0 Å². The van der Waals surface area contributed by atoms with Crippen LogP contribution in [0, 0.1) is 0 Å². The molecule has 9 rings (SSSR count). The maximum absolute atomic E-state index is 5.17. The van der Waals surface area contributed by atoms with Crippen molar-refractivity contribution in [3.8, 4) is 56.4 Å². The lowest BCUT2D eigenvalue weighted by molar-refractivity contribution is 1.23. The molecule has 0 amide bonds. The Morgan fingerprint density at radius 3 is 1.77 bits per heavy atom. The quantitative estimate of drug-likeness (QED) is 0.181. The predicted molar refractivity (Wildman–Crippen MR) is 195 cm³/mol. The maximum atomic E-state index is 5.17. The Morgan fingerprint density at radius 1 is 0.354 bits per heavy atom. The summed E-state index contributed by atoms with van der Waals surface area (Å²) in [6.45, 7) is 0. The van der Waals surface area contributed by atoms with Gasteiger partial charge in [-0.2, -0.15) is 0 Å². The fourth-order valence-electron chi connectivity index (χ4n) is 6.28. The Balaban J connectivity index is 1.13. The van der Waals surface area contributed by atoms with Crippen LogP contribution >= 0.6 is 0 Å². The number of benzene rings is 5. The fraction of sp³-hybridized carbons (Fsp3) is 0. The van der Waals surface area contributed by atoms with E-state index in [-0.39, 0.29) is 0 Å². The fourth-order valence-corrected chi connectivity index (χ4v) is 6.28. The molecule has 0 N–H and O–H groups in total. The lowest BCUT2D eigenvalue weighted by atomic mass is 10.0. The molecule has 0 aliphatic carbocycles. The van der Waals surface area contributed by atoms with Gasteiger partial charge in [-0.15, -0.1) is 0 Å². The van der Waals surface area contributed by atoms with Gasteiger partial charge in [0.25, 0.3) is 0 Å². The van der Waals surface area contributed by atoms with Crippen molar-refractivity contribution in [2.24, 2.45) is 0 Å². The second-order valence-electron chi connectivity index (χ2n) is 11.8. The Kier molecular flexibility index (Phi) is 6.72. The SMILES string of the molecule is c1ccc(-c2ccc(-c3nc(-c4cccc(-c5ccc6ccc7ccc(-c8ccccn8)nc7c6n5)c4)nc4ccccc34)cc2)cc1. The second kappa shape index (κ2) is 11.6. The van der Waals surface area contributed by atoms with Gasteiger partial charge in [0, 0.05) is 39.0 Å². The van der Waals surface area contributed by atoms with Gasteiger partial charge in [0.2, 0.25) is 0 Å². The van der Waals surface area contributed by atoms with Crippen molar-refractivity contribution in [2.45, 2.75) is 0 Å². The molecular formula is C43H27N5. The molecule has 5 heteroatoms. The molecular weight excluding hydrogens is 587 g/mol. The van der Waals surface area contributed by atoms with E-state index in [1.54, 1.807) is 6.20 Å². The van der Waals surface area contributed by atoms with E-state index in [2.05, 4.69) is 114 Å². The minimum atomic E-state index is 0.672. The molecule has 0 bridgehead atoms. The lowest BCUT2D eigenvalue weighted by Crippen LogP contribution is -1.96. The van der Waals surface area contributed by atoms with Gasteiger partial charge in [-0.05, 0) is 47.5 Å². The van der Waals surface area contributed by atoms with Gasteiger partial charge in [0.15, 0.2) is 5.82 Å². The first-order valence-corrected chi connectivity index (χ1v) is 15.9. The van der Waals surface area contributed by atoms with Crippen LogP contribution in [0.2, 0.25) is 0 Å². The molecule has 0 aliphatic heterocycles. The Bertz CT molecular complexity index is 2600. The van der Waals surface area contributed by atoms with Crippen molar-refractivity contribution in [2.75, 3.05) is 0 Å². The lowest BCUT2D eigenvalue weighted by Gasteiger charge is -2.11. The van der Waals surface area contributed by atoms with Crippen molar-refractivity contribution in [1.29, 1.82) is 0 Å². The highest BCUT2D eigenvalue weighted by atomic mass is 14.9. The number of aromatic nitrogens is 5. The minimum Gasteiger partial charge on any atom is -0.255 e. The smallest absolute Gasteiger partial charge is 0.160 e. The topological polar surface area (TPSA) is 64.5 Å². The van der Waals surface area contributed by atoms with Crippen LogP contribution in [0.1, 0.15) is 0 Å². The molecule has 5 nitrogen and oxygen atoms in total. The summed E-state index contributed by atoms with van der Waals surface area (Å²) < 4.78 is 0. The van der Waals surface area contributed by atoms with Crippen molar-refractivity contribution < 1.29 is 0 Å². The third-order valence-corrected chi connectivity index (χ3v) is 8.73. The van der Waals surface area contributed by atoms with E-state index in [0.717, 1.165) is 72.2 Å². The van der Waals surface area contributed by atoms with Crippen LogP contribution in [0.5, 0.6) is 0 Å². The van der Waals surface area contributed by atoms with Gasteiger partial charge in [0.05, 0.1) is 39.3 Å². The van der Waals surface area contributed by atoms with E-state index < -0.39 is 0 Å². The maximum Gasteiger partial charge on any atom is 0.160 e. The van der Waals surface area contributed by atoms with Gasteiger partial charge < -0.3 is 0 Å². The zero-order valence-electron chi connectivity index (χ0n) is 25.8. The van der Waals surface area contributed by atoms with E-state index >= 15 is 0 Å². The predicted octanol–water partition coefficient (Wildman–Crippen LogP) is 10.5. The molecule has 4 aromatic heterocycles. The van der Waals surface area contributed by atoms with E-state index in [4.69, 9.17) is 19.9 Å². The van der Waals surface area contributed by atoms with Crippen molar-refractivity contribution in [3.05, 3.63) is 164 Å². The number of rotatable bonds is 5. The van der Waals surface area contributed by atoms with Crippen molar-refractivity contribution in [1.82, 2.24) is 24.9 Å². The average Bonchev–Trinajstić information content (AvgIpc) is 3.18. The van der Waals surface area contributed by atoms with Crippen LogP contribution in [0.15, 0.2) is 164 Å². The molecule has 5 aromatic carbocycles. The molecule has 0 saturated carbocycles. The van der Waals surface area contributed by atoms with Crippen molar-refractivity contribution in [3.63, 3.8) is 0 Å². The third-order valence-electron chi connectivity index (χ3n) is 8.73. The van der Waals surface area contributed by atoms with E-state index in [9.17, 15) is 0 Å². The highest BCUT2D eigenvalue weighted by Crippen LogP contribution is 2.33. The first-order chi connectivity index (χ1) is 23.8. The van der Waals surface area contributed by atoms with Crippen LogP contribution in [0.3, 0.4) is 0 Å². The number of para-hydroxylation sites is 1. The largest absolute Gasteiger partial charge is 0.255 e. The van der Waals surface area contributed by atoms with Gasteiger partial charge >= 0.3 is 0 Å². The molecule has 48 heavy (non-hydrogen) atoms. The summed E-state index contributed by atoms with van der Waals surface area (Å²) in [6, 6.07) is 53.9. The Labute approximate surface area is 277 Å². The zero-order valence-corrected chi connectivity index (χ0v) is 25.8. The summed E-state index contributed by atoms with van der Waals surface area (Å²) in [5, 5.41) is 3.09. The van der Waals surface area contributed by atoms with Crippen LogP contribution in [0.4, 0.5) is 0 Å². The Hall–Kier alpha value is -6.59. The standard InChI is InChI=1S/C43H27N5/c1-2-9-28(10-3-1)29-16-18-30(19-17-29)40-35-13-4-5-14-37(35)47-43(48-40)34-12-8-11-33(27-34)36-24-22-31-20-21-32-23-25-39(38-15-6-7-26-44-38)46-42(32)41(31)45-36/h1-27H. The zero-order chi connectivity index (χ0) is 31.9. The first-order valence-electron chi connectivity index (χ1n) is 15.9. The molecule has 9 aromatic rings. The third kappa shape index (κ3) is 5.04. The summed E-state index contributed by atoms with van der Waals surface area (Å²) in [4.78, 5) is 24.9. The molecule has 4 heterocycles. The summed E-state index contributed by atoms with van der Waals surface area (Å²) in [6.07, 6.45) is 1.79. The molecule has 0 spiro atoms. The average molecular weight is 614 g/mol. The minimum absolute atomic E-state index is 0.672. The molecule has 0 saturated heterocycles. The monoisotopic (exact) mass is 613 g/mol. The van der Waals surface area contributed by atoms with Crippen LogP contribution in [-0.4, -0.2) is 24.9 Å². The van der Waals surface area contributed by atoms with Gasteiger partial charge in [-0.25, -0.2) is 19.9 Å². The number of nitrogens with zero attached hydrogens (tertiary/aromatic N) is 5. The van der Waals surface area contributed by atoms with E-state index in [1.807, 2.05) is 48.5 Å². The number of pyridine rings is 3. The number of fused-ring (bicyclic) bond motifs is 4. The van der Waals surface area contributed by atoms with Crippen LogP contribution in [-0.2, 0) is 0 Å². The normalized spacial score (nSPS) is 11.3. The summed E-state index contributed by atoms with van der Waals surface area (Å²) in [5.41, 5.74) is 11.4. The first kappa shape index (κ1) is 27.7. The molecule has 0 fully saturated rings. The van der Waals surface area contributed by atoms with Crippen LogP contribution < -0.4 is 0 Å². The highest BCUT2D eigenvalue weighted by Gasteiger charge is 2.14. The van der Waals surface area contributed by atoms with Crippen molar-refractivity contribution >= 4 is 32.7 Å². The number of hydrogen-bond acceptors (Lipinski definition) is 5. The molecule has 0 atom stereocenters. The van der Waals surface area contributed by atoms with E-state index in [0.29, 0.717) is 5.82 Å². The highest BCUT2D eigenvalue weighted by molar-refractivity contribution is 6.04. The molecule has 0 radical (unpaired) electrons. The Morgan fingerprint density at radius 2 is 0.979 bits per heavy atom. The summed E-state index contributed by atoms with van der Waals surface area (Å²) in [7, 11) is 0. The molecule has 224 valence electrons. The second-order valence-corrected chi connectivity index (χ2v) is 11.8. The summed E-state index contributed by atoms with van der Waals surface area (Å²) >= 11 is 0.